The summed E-state index contributed by atoms with van der Waals surface area (Å²) in [6, 6.07) is 8.60. The van der Waals surface area contributed by atoms with Gasteiger partial charge in [0.05, 0.1) is 6.54 Å². The summed E-state index contributed by atoms with van der Waals surface area (Å²) in [5, 5.41) is 7.20. The van der Waals surface area contributed by atoms with Gasteiger partial charge in [-0.1, -0.05) is 41.4 Å². The molecule has 1 aliphatic carbocycles. The van der Waals surface area contributed by atoms with Crippen LogP contribution in [0, 0.1) is 0 Å². The lowest BCUT2D eigenvalue weighted by Gasteiger charge is -2.30. The van der Waals surface area contributed by atoms with Crippen LogP contribution in [0.2, 0.25) is 0 Å². The molecule has 1 fully saturated rings. The smallest absolute Gasteiger partial charge is 0.191 e. The van der Waals surface area contributed by atoms with Crippen LogP contribution in [-0.4, -0.2) is 33.8 Å². The molecule has 4 nitrogen and oxygen atoms in total. The molecule has 134 valence electrons. The molecule has 0 radical (unpaired) electrons. The van der Waals surface area contributed by atoms with Crippen LogP contribution < -0.4 is 10.6 Å². The van der Waals surface area contributed by atoms with Gasteiger partial charge in [0, 0.05) is 38.9 Å². The number of halogens is 1. The molecule has 1 aromatic carbocycles. The van der Waals surface area contributed by atoms with Crippen LogP contribution in [0.15, 0.2) is 33.7 Å². The van der Waals surface area contributed by atoms with Gasteiger partial charge in [-0.15, -0.1) is 0 Å². The average molecular weight is 414 g/mol. The molecule has 2 rings (SSSR count). The normalized spacial score (nSPS) is 22.9. The summed E-state index contributed by atoms with van der Waals surface area (Å²) >= 11 is 3.45. The molecule has 1 aliphatic rings. The molecule has 0 aliphatic heterocycles. The highest BCUT2D eigenvalue weighted by atomic mass is 79.9. The van der Waals surface area contributed by atoms with E-state index in [-0.39, 0.29) is 0 Å². The van der Waals surface area contributed by atoms with Crippen LogP contribution in [0.25, 0.3) is 0 Å². The number of nitrogens with one attached hydrogen (secondary N) is 2. The molecule has 1 saturated carbocycles. The molecule has 0 heterocycles. The third-order valence-corrected chi connectivity index (χ3v) is 6.57. The van der Waals surface area contributed by atoms with E-state index in [4.69, 9.17) is 4.99 Å². The van der Waals surface area contributed by atoms with Gasteiger partial charge in [-0.2, -0.15) is 0 Å². The van der Waals surface area contributed by atoms with Crippen molar-refractivity contribution in [1.82, 2.24) is 10.6 Å². The average Bonchev–Trinajstić information content (AvgIpc) is 2.61. The molecule has 3 atom stereocenters. The molecule has 0 spiro atoms. The summed E-state index contributed by atoms with van der Waals surface area (Å²) in [5.74, 6) is 1.61. The van der Waals surface area contributed by atoms with E-state index in [0.717, 1.165) is 48.4 Å². The van der Waals surface area contributed by atoms with Crippen molar-refractivity contribution in [3.8, 4) is 0 Å². The third kappa shape index (κ3) is 6.20. The summed E-state index contributed by atoms with van der Waals surface area (Å²) in [6.45, 7) is 5.58. The van der Waals surface area contributed by atoms with Crippen LogP contribution in [0.4, 0.5) is 0 Å². The highest BCUT2D eigenvalue weighted by Crippen LogP contribution is 2.23. The van der Waals surface area contributed by atoms with Crippen molar-refractivity contribution in [2.45, 2.75) is 57.4 Å². The summed E-state index contributed by atoms with van der Waals surface area (Å²) < 4.78 is 13.2. The molecule has 0 saturated heterocycles. The Balaban J connectivity index is 1.95. The van der Waals surface area contributed by atoms with Gasteiger partial charge < -0.3 is 10.6 Å². The van der Waals surface area contributed by atoms with Crippen molar-refractivity contribution >= 4 is 32.7 Å². The first-order valence-electron chi connectivity index (χ1n) is 8.78. The van der Waals surface area contributed by atoms with Crippen molar-refractivity contribution in [1.29, 1.82) is 0 Å². The Bertz CT molecular complexity index is 562. The van der Waals surface area contributed by atoms with Crippen LogP contribution in [0.3, 0.4) is 0 Å². The second kappa shape index (κ2) is 10.2. The third-order valence-electron chi connectivity index (χ3n) is 4.30. The highest BCUT2D eigenvalue weighted by molar-refractivity contribution is 9.10. The van der Waals surface area contributed by atoms with Gasteiger partial charge in [0.25, 0.3) is 0 Å². The molecule has 3 unspecified atom stereocenters. The SMILES string of the molecule is CCNC(=NCc1ccc(Br)cc1)NC1CCCC(S(=O)CC)C1. The maximum atomic E-state index is 12.1. The van der Waals surface area contributed by atoms with Crippen molar-refractivity contribution in [2.24, 2.45) is 4.99 Å². The van der Waals surface area contributed by atoms with E-state index < -0.39 is 10.8 Å². The standard InChI is InChI=1S/C18H28BrN3OS/c1-3-20-18(21-13-14-8-10-15(19)11-9-14)22-16-6-5-7-17(12-16)24(23)4-2/h8-11,16-17H,3-7,12-13H2,1-2H3,(H2,20,21,22). The Hall–Kier alpha value is -0.880. The molecular formula is C18H28BrN3OS. The number of guanidine groups is 1. The fourth-order valence-electron chi connectivity index (χ4n) is 3.02. The number of aliphatic imine (C=N–C) groups is 1. The topological polar surface area (TPSA) is 53.5 Å². The minimum Gasteiger partial charge on any atom is -0.357 e. The maximum absolute atomic E-state index is 12.1. The van der Waals surface area contributed by atoms with E-state index >= 15 is 0 Å². The number of benzene rings is 1. The van der Waals surface area contributed by atoms with E-state index in [1.165, 1.54) is 5.56 Å². The molecule has 0 bridgehead atoms. The molecule has 24 heavy (non-hydrogen) atoms. The molecule has 0 amide bonds. The Morgan fingerprint density at radius 2 is 2.04 bits per heavy atom. The fraction of sp³-hybridized carbons (Fsp3) is 0.611. The first-order chi connectivity index (χ1) is 11.6. The Morgan fingerprint density at radius 1 is 1.29 bits per heavy atom. The zero-order valence-corrected chi connectivity index (χ0v) is 17.0. The van der Waals surface area contributed by atoms with Crippen molar-refractivity contribution < 1.29 is 4.21 Å². The summed E-state index contributed by atoms with van der Waals surface area (Å²) in [6.07, 6.45) is 4.33. The van der Waals surface area contributed by atoms with Gasteiger partial charge in [-0.05, 0) is 43.9 Å². The minimum absolute atomic E-state index is 0.329. The fourth-order valence-corrected chi connectivity index (χ4v) is 4.64. The van der Waals surface area contributed by atoms with Crippen molar-refractivity contribution in [2.75, 3.05) is 12.3 Å². The Morgan fingerprint density at radius 3 is 2.71 bits per heavy atom. The zero-order valence-electron chi connectivity index (χ0n) is 14.6. The molecular weight excluding hydrogens is 386 g/mol. The van der Waals surface area contributed by atoms with Gasteiger partial charge in [-0.25, -0.2) is 4.99 Å². The van der Waals surface area contributed by atoms with Gasteiger partial charge >= 0.3 is 0 Å². The van der Waals surface area contributed by atoms with Crippen molar-refractivity contribution in [3.05, 3.63) is 34.3 Å². The summed E-state index contributed by atoms with van der Waals surface area (Å²) in [7, 11) is -0.693. The second-order valence-electron chi connectivity index (χ2n) is 6.12. The maximum Gasteiger partial charge on any atom is 0.191 e. The quantitative estimate of drug-likeness (QED) is 0.553. The Labute approximate surface area is 156 Å². The van der Waals surface area contributed by atoms with Gasteiger partial charge in [0.2, 0.25) is 0 Å². The molecule has 2 N–H and O–H groups in total. The predicted octanol–water partition coefficient (Wildman–Crippen LogP) is 3.58. The van der Waals surface area contributed by atoms with Crippen molar-refractivity contribution in [3.63, 3.8) is 0 Å². The van der Waals surface area contributed by atoms with Gasteiger partial charge in [-0.3, -0.25) is 4.21 Å². The minimum atomic E-state index is -0.693. The van der Waals surface area contributed by atoms with E-state index in [9.17, 15) is 4.21 Å². The monoisotopic (exact) mass is 413 g/mol. The van der Waals surface area contributed by atoms with Crippen LogP contribution in [0.5, 0.6) is 0 Å². The molecule has 0 aromatic heterocycles. The first kappa shape index (κ1) is 19.4. The van der Waals surface area contributed by atoms with Crippen LogP contribution >= 0.6 is 15.9 Å². The Kier molecular flexibility index (Phi) is 8.25. The van der Waals surface area contributed by atoms with Gasteiger partial charge in [0.1, 0.15) is 0 Å². The summed E-state index contributed by atoms with van der Waals surface area (Å²) in [5.41, 5.74) is 1.18. The molecule has 1 aromatic rings. The lowest BCUT2D eigenvalue weighted by Crippen LogP contribution is -2.46. The number of rotatable bonds is 6. The predicted molar refractivity (Wildman–Crippen MR) is 107 cm³/mol. The first-order valence-corrected chi connectivity index (χ1v) is 11.0. The van der Waals surface area contributed by atoms with Crippen LogP contribution in [-0.2, 0) is 17.3 Å². The second-order valence-corrected chi connectivity index (χ2v) is 9.04. The van der Waals surface area contributed by atoms with E-state index in [2.05, 4.69) is 45.6 Å². The van der Waals surface area contributed by atoms with E-state index in [1.807, 2.05) is 19.1 Å². The van der Waals surface area contributed by atoms with E-state index in [1.54, 1.807) is 0 Å². The summed E-state index contributed by atoms with van der Waals surface area (Å²) in [4.78, 5) is 4.70. The number of hydrogen-bond acceptors (Lipinski definition) is 2. The van der Waals surface area contributed by atoms with Crippen LogP contribution in [0.1, 0.15) is 45.1 Å². The molecule has 6 heteroatoms. The number of hydrogen-bond donors (Lipinski definition) is 2. The van der Waals surface area contributed by atoms with E-state index in [0.29, 0.717) is 17.8 Å². The highest BCUT2D eigenvalue weighted by Gasteiger charge is 2.25. The lowest BCUT2D eigenvalue weighted by molar-refractivity contribution is 0.413. The number of nitrogens with zero attached hydrogens (tertiary/aromatic N) is 1. The van der Waals surface area contributed by atoms with Gasteiger partial charge in [0.15, 0.2) is 5.96 Å². The zero-order chi connectivity index (χ0) is 17.4. The lowest BCUT2D eigenvalue weighted by atomic mass is 9.95. The largest absolute Gasteiger partial charge is 0.357 e.